The minimum atomic E-state index is -3.17. The number of aliphatic hydroxyl groups is 1. The summed E-state index contributed by atoms with van der Waals surface area (Å²) >= 11 is 1.19. The monoisotopic (exact) mass is 312 g/mol. The molecule has 0 radical (unpaired) electrons. The van der Waals surface area contributed by atoms with Crippen LogP contribution >= 0.6 is 11.8 Å². The number of hydrogen-bond donors (Lipinski definition) is 1. The molecule has 0 amide bonds. The fraction of sp³-hybridized carbons (Fsp3) is 0.364. The third-order valence-electron chi connectivity index (χ3n) is 2.97. The van der Waals surface area contributed by atoms with E-state index < -0.39 is 21.2 Å². The molecule has 2 heterocycles. The van der Waals surface area contributed by atoms with Crippen molar-refractivity contribution in [3.63, 3.8) is 0 Å². The van der Waals surface area contributed by atoms with Gasteiger partial charge in [0.1, 0.15) is 0 Å². The second kappa shape index (κ2) is 5.15. The smallest absolute Gasteiger partial charge is 0.214 e. The molecule has 0 aliphatic carbocycles. The normalized spacial score (nSPS) is 24.9. The highest BCUT2D eigenvalue weighted by atomic mass is 32.2. The number of tetrazole rings is 1. The van der Waals surface area contributed by atoms with Gasteiger partial charge in [0.2, 0.25) is 5.16 Å². The quantitative estimate of drug-likeness (QED) is 0.846. The Hall–Kier alpha value is -1.45. The molecule has 0 spiro atoms. The summed E-state index contributed by atoms with van der Waals surface area (Å²) in [5.74, 6) is -0.252. The van der Waals surface area contributed by atoms with E-state index in [1.165, 1.54) is 16.4 Å². The number of aliphatic hydroxyl groups excluding tert-OH is 1. The van der Waals surface area contributed by atoms with E-state index in [4.69, 9.17) is 0 Å². The number of para-hydroxylation sites is 1. The van der Waals surface area contributed by atoms with Gasteiger partial charge in [-0.3, -0.25) is 0 Å². The first-order valence-corrected chi connectivity index (χ1v) is 8.64. The first-order chi connectivity index (χ1) is 9.55. The van der Waals surface area contributed by atoms with Crippen LogP contribution in [0.3, 0.4) is 0 Å². The molecule has 2 aromatic rings. The summed E-state index contributed by atoms with van der Waals surface area (Å²) in [4.78, 5) is 0. The average molecular weight is 312 g/mol. The fourth-order valence-electron chi connectivity index (χ4n) is 2.03. The van der Waals surface area contributed by atoms with Gasteiger partial charge in [-0.2, -0.15) is 4.68 Å². The maximum atomic E-state index is 11.5. The maximum Gasteiger partial charge on any atom is 0.214 e. The lowest BCUT2D eigenvalue weighted by atomic mass is 10.3. The van der Waals surface area contributed by atoms with Crippen LogP contribution < -0.4 is 0 Å². The predicted molar refractivity (Wildman–Crippen MR) is 73.5 cm³/mol. The van der Waals surface area contributed by atoms with Crippen molar-refractivity contribution in [1.82, 2.24) is 20.2 Å². The molecule has 1 aliphatic rings. The van der Waals surface area contributed by atoms with Crippen LogP contribution in [0.4, 0.5) is 0 Å². The Kier molecular flexibility index (Phi) is 3.48. The molecule has 1 aliphatic heterocycles. The lowest BCUT2D eigenvalue weighted by Gasteiger charge is -2.11. The van der Waals surface area contributed by atoms with E-state index in [-0.39, 0.29) is 11.5 Å². The molecule has 1 fully saturated rings. The second-order valence-corrected chi connectivity index (χ2v) is 7.87. The van der Waals surface area contributed by atoms with E-state index in [0.717, 1.165) is 5.69 Å². The first-order valence-electron chi connectivity index (χ1n) is 5.94. The summed E-state index contributed by atoms with van der Waals surface area (Å²) in [6.45, 7) is 0. The molecule has 106 valence electrons. The molecule has 9 heteroatoms. The van der Waals surface area contributed by atoms with Crippen LogP contribution in [0.1, 0.15) is 0 Å². The van der Waals surface area contributed by atoms with E-state index in [0.29, 0.717) is 5.16 Å². The lowest BCUT2D eigenvalue weighted by Crippen LogP contribution is -2.20. The van der Waals surface area contributed by atoms with Crippen molar-refractivity contribution >= 4 is 21.6 Å². The highest BCUT2D eigenvalue weighted by molar-refractivity contribution is 8.01. The molecular formula is C11H12N4O3S2. The lowest BCUT2D eigenvalue weighted by molar-refractivity contribution is 0.207. The number of rotatable bonds is 3. The van der Waals surface area contributed by atoms with E-state index in [1.807, 2.05) is 30.3 Å². The zero-order valence-corrected chi connectivity index (χ0v) is 12.0. The van der Waals surface area contributed by atoms with Gasteiger partial charge in [-0.25, -0.2) is 8.42 Å². The Morgan fingerprint density at radius 3 is 2.65 bits per heavy atom. The van der Waals surface area contributed by atoms with Crippen molar-refractivity contribution in [2.75, 3.05) is 11.5 Å². The molecule has 1 N–H and O–H groups in total. The van der Waals surface area contributed by atoms with Crippen molar-refractivity contribution in [2.45, 2.75) is 16.5 Å². The van der Waals surface area contributed by atoms with Crippen molar-refractivity contribution in [3.8, 4) is 5.69 Å². The van der Waals surface area contributed by atoms with E-state index in [9.17, 15) is 13.5 Å². The topological polar surface area (TPSA) is 98.0 Å². The Labute approximate surface area is 119 Å². The highest BCUT2D eigenvalue weighted by Gasteiger charge is 2.38. The van der Waals surface area contributed by atoms with E-state index >= 15 is 0 Å². The molecule has 1 aromatic carbocycles. The van der Waals surface area contributed by atoms with Crippen LogP contribution in [0.2, 0.25) is 0 Å². The van der Waals surface area contributed by atoms with Gasteiger partial charge in [0, 0.05) is 0 Å². The standard InChI is InChI=1S/C11H12N4O3S2/c16-9-6-20(17,18)7-10(9)19-11-12-13-14-15(11)8-4-2-1-3-5-8/h1-5,9-10,16H,6-7H2. The number of thioether (sulfide) groups is 1. The molecule has 1 saturated heterocycles. The first kappa shape index (κ1) is 13.5. The zero-order valence-electron chi connectivity index (χ0n) is 10.3. The molecule has 0 saturated carbocycles. The fourth-order valence-corrected chi connectivity index (χ4v) is 5.51. The van der Waals surface area contributed by atoms with Crippen LogP contribution in [0, 0.1) is 0 Å². The third-order valence-corrected chi connectivity index (χ3v) is 6.15. The summed E-state index contributed by atoms with van der Waals surface area (Å²) in [6, 6.07) is 9.30. The summed E-state index contributed by atoms with van der Waals surface area (Å²) in [5.41, 5.74) is 0.787. The molecular weight excluding hydrogens is 300 g/mol. The van der Waals surface area contributed by atoms with Gasteiger partial charge in [-0.1, -0.05) is 30.0 Å². The molecule has 1 aromatic heterocycles. The minimum Gasteiger partial charge on any atom is -0.391 e. The van der Waals surface area contributed by atoms with Crippen LogP contribution in [-0.4, -0.2) is 56.6 Å². The zero-order chi connectivity index (χ0) is 14.2. The molecule has 0 bridgehead atoms. The van der Waals surface area contributed by atoms with Crippen molar-refractivity contribution < 1.29 is 13.5 Å². The van der Waals surface area contributed by atoms with Gasteiger partial charge in [0.05, 0.1) is 28.5 Å². The minimum absolute atomic E-state index is 0.0551. The van der Waals surface area contributed by atoms with Gasteiger partial charge in [0.15, 0.2) is 9.84 Å². The van der Waals surface area contributed by atoms with E-state index in [1.54, 1.807) is 0 Å². The van der Waals surface area contributed by atoms with Gasteiger partial charge >= 0.3 is 0 Å². The number of aromatic nitrogens is 4. The molecule has 2 atom stereocenters. The maximum absolute atomic E-state index is 11.5. The molecule has 3 rings (SSSR count). The van der Waals surface area contributed by atoms with Crippen LogP contribution in [0.15, 0.2) is 35.5 Å². The Morgan fingerprint density at radius 1 is 1.25 bits per heavy atom. The van der Waals surface area contributed by atoms with Crippen LogP contribution in [0.25, 0.3) is 5.69 Å². The summed E-state index contributed by atoms with van der Waals surface area (Å²) in [7, 11) is -3.17. The Bertz CT molecular complexity index is 701. The van der Waals surface area contributed by atoms with Crippen molar-refractivity contribution in [3.05, 3.63) is 30.3 Å². The predicted octanol–water partition coefficient (Wildman–Crippen LogP) is -0.0877. The van der Waals surface area contributed by atoms with Crippen molar-refractivity contribution in [2.24, 2.45) is 0 Å². The molecule has 2 unspecified atom stereocenters. The van der Waals surface area contributed by atoms with Crippen molar-refractivity contribution in [1.29, 1.82) is 0 Å². The van der Waals surface area contributed by atoms with E-state index in [2.05, 4.69) is 15.5 Å². The SMILES string of the molecule is O=S1(=O)CC(O)C(Sc2nnnn2-c2ccccc2)C1. The second-order valence-electron chi connectivity index (χ2n) is 4.51. The summed E-state index contributed by atoms with van der Waals surface area (Å²) in [5, 5.41) is 21.2. The Balaban J connectivity index is 1.85. The Morgan fingerprint density at radius 2 is 2.00 bits per heavy atom. The van der Waals surface area contributed by atoms with Crippen LogP contribution in [-0.2, 0) is 9.84 Å². The third kappa shape index (κ3) is 2.69. The van der Waals surface area contributed by atoms with Gasteiger partial charge < -0.3 is 5.11 Å². The molecule has 7 nitrogen and oxygen atoms in total. The van der Waals surface area contributed by atoms with Gasteiger partial charge in [0.25, 0.3) is 0 Å². The molecule has 20 heavy (non-hydrogen) atoms. The van der Waals surface area contributed by atoms with Gasteiger partial charge in [-0.05, 0) is 22.6 Å². The summed E-state index contributed by atoms with van der Waals surface area (Å²) < 4.78 is 24.5. The van der Waals surface area contributed by atoms with Gasteiger partial charge in [-0.15, -0.1) is 5.10 Å². The summed E-state index contributed by atoms with van der Waals surface area (Å²) in [6.07, 6.45) is -0.883. The average Bonchev–Trinajstić information content (AvgIpc) is 2.95. The number of nitrogens with zero attached hydrogens (tertiary/aromatic N) is 4. The highest BCUT2D eigenvalue weighted by Crippen LogP contribution is 2.30. The largest absolute Gasteiger partial charge is 0.391 e. The van der Waals surface area contributed by atoms with Crippen LogP contribution in [0.5, 0.6) is 0 Å². The number of hydrogen-bond acceptors (Lipinski definition) is 7. The number of sulfone groups is 1. The number of benzene rings is 1.